The Morgan fingerprint density at radius 1 is 1.12 bits per heavy atom. The first-order chi connectivity index (χ1) is 12.3. The highest BCUT2D eigenvalue weighted by atomic mass is 35.5. The van der Waals surface area contributed by atoms with E-state index in [9.17, 15) is 17.6 Å². The predicted molar refractivity (Wildman–Crippen MR) is 98.7 cm³/mol. The molecule has 1 aliphatic rings. The Hall–Kier alpha value is -1.63. The minimum Gasteiger partial charge on any atom is -0.340 e. The number of aryl methyl sites for hydroxylation is 1. The summed E-state index contributed by atoms with van der Waals surface area (Å²) in [5, 5.41) is -0.115. The molecule has 0 unspecified atom stereocenters. The normalized spacial score (nSPS) is 15.0. The molecule has 0 aromatic heterocycles. The van der Waals surface area contributed by atoms with Crippen molar-refractivity contribution in [3.05, 3.63) is 63.9 Å². The van der Waals surface area contributed by atoms with Crippen molar-refractivity contribution >= 4 is 38.9 Å². The first kappa shape index (κ1) is 19.1. The van der Waals surface area contributed by atoms with Crippen molar-refractivity contribution in [2.45, 2.75) is 23.0 Å². The van der Waals surface area contributed by atoms with Gasteiger partial charge in [0.2, 0.25) is 5.91 Å². The van der Waals surface area contributed by atoms with E-state index < -0.39 is 20.9 Å². The molecule has 138 valence electrons. The van der Waals surface area contributed by atoms with Crippen LogP contribution in [0.4, 0.5) is 4.39 Å². The molecular formula is C18H16Cl2FNO3S. The van der Waals surface area contributed by atoms with Crippen molar-refractivity contribution in [1.29, 1.82) is 0 Å². The van der Waals surface area contributed by atoms with E-state index in [-0.39, 0.29) is 35.3 Å². The lowest BCUT2D eigenvalue weighted by atomic mass is 10.1. The van der Waals surface area contributed by atoms with Crippen LogP contribution in [0.3, 0.4) is 0 Å². The van der Waals surface area contributed by atoms with E-state index in [2.05, 4.69) is 0 Å². The van der Waals surface area contributed by atoms with Crippen LogP contribution in [0.5, 0.6) is 0 Å². The molecule has 1 amide bonds. The number of carbonyl (C=O) groups is 1. The second-order valence-corrected chi connectivity index (χ2v) is 9.24. The fraction of sp³-hybridized carbons (Fsp3) is 0.278. The second kappa shape index (κ2) is 7.55. The van der Waals surface area contributed by atoms with Gasteiger partial charge in [0, 0.05) is 24.5 Å². The van der Waals surface area contributed by atoms with E-state index in [1.54, 1.807) is 6.07 Å². The molecule has 0 spiro atoms. The quantitative estimate of drug-likeness (QED) is 0.746. The minimum absolute atomic E-state index is 0.0213. The van der Waals surface area contributed by atoms with Crippen molar-refractivity contribution in [2.75, 3.05) is 13.1 Å². The number of hydrogen-bond acceptors (Lipinski definition) is 3. The van der Waals surface area contributed by atoms with E-state index >= 15 is 0 Å². The average Bonchev–Trinajstić information content (AvgIpc) is 2.54. The summed E-state index contributed by atoms with van der Waals surface area (Å²) < 4.78 is 38.2. The number of likely N-dealkylation sites (tertiary alicyclic amines) is 1. The Morgan fingerprint density at radius 2 is 1.77 bits per heavy atom. The largest absolute Gasteiger partial charge is 0.340 e. The number of sulfone groups is 1. The zero-order valence-electron chi connectivity index (χ0n) is 13.7. The fourth-order valence-corrected chi connectivity index (χ4v) is 4.74. The molecule has 0 aliphatic carbocycles. The van der Waals surface area contributed by atoms with Crippen molar-refractivity contribution in [3.63, 3.8) is 0 Å². The summed E-state index contributed by atoms with van der Waals surface area (Å²) in [6.07, 6.45) is 0.639. The van der Waals surface area contributed by atoms with Crippen LogP contribution in [-0.4, -0.2) is 37.6 Å². The number of hydrogen-bond donors (Lipinski definition) is 0. The van der Waals surface area contributed by atoms with Crippen LogP contribution in [-0.2, 0) is 21.1 Å². The Morgan fingerprint density at radius 3 is 2.38 bits per heavy atom. The summed E-state index contributed by atoms with van der Waals surface area (Å²) in [6.45, 7) is 0.349. The zero-order valence-corrected chi connectivity index (χ0v) is 16.0. The third-order valence-electron chi connectivity index (χ3n) is 4.39. The number of rotatable bonds is 5. The summed E-state index contributed by atoms with van der Waals surface area (Å²) in [5.41, 5.74) is 0.760. The van der Waals surface area contributed by atoms with Crippen LogP contribution in [0, 0.1) is 5.82 Å². The van der Waals surface area contributed by atoms with E-state index in [4.69, 9.17) is 23.2 Å². The second-order valence-electron chi connectivity index (χ2n) is 6.17. The van der Waals surface area contributed by atoms with Gasteiger partial charge >= 0.3 is 0 Å². The van der Waals surface area contributed by atoms with E-state index in [0.717, 1.165) is 5.56 Å². The van der Waals surface area contributed by atoms with E-state index in [1.165, 1.54) is 41.3 Å². The molecule has 1 heterocycles. The van der Waals surface area contributed by atoms with Crippen molar-refractivity contribution < 1.29 is 17.6 Å². The first-order valence-electron chi connectivity index (χ1n) is 7.98. The van der Waals surface area contributed by atoms with E-state index in [0.29, 0.717) is 11.4 Å². The number of amides is 1. The van der Waals surface area contributed by atoms with Crippen LogP contribution in [0.1, 0.15) is 12.0 Å². The molecule has 0 N–H and O–H groups in total. The van der Waals surface area contributed by atoms with Gasteiger partial charge in [0.05, 0.1) is 9.92 Å². The lowest BCUT2D eigenvalue weighted by molar-refractivity contribution is -0.134. The summed E-state index contributed by atoms with van der Waals surface area (Å²) >= 11 is 11.5. The van der Waals surface area contributed by atoms with Gasteiger partial charge in [-0.3, -0.25) is 4.79 Å². The number of carbonyl (C=O) groups excluding carboxylic acids is 1. The maximum Gasteiger partial charge on any atom is 0.222 e. The molecule has 0 radical (unpaired) electrons. The van der Waals surface area contributed by atoms with Crippen LogP contribution in [0.25, 0.3) is 0 Å². The molecule has 2 aromatic rings. The van der Waals surface area contributed by atoms with Gasteiger partial charge in [-0.05, 0) is 48.4 Å². The lowest BCUT2D eigenvalue weighted by Crippen LogP contribution is -2.56. The Kier molecular flexibility index (Phi) is 5.55. The van der Waals surface area contributed by atoms with Crippen LogP contribution < -0.4 is 0 Å². The molecule has 8 heteroatoms. The van der Waals surface area contributed by atoms with Gasteiger partial charge in [-0.15, -0.1) is 0 Å². The molecule has 4 nitrogen and oxygen atoms in total. The molecule has 1 aliphatic heterocycles. The van der Waals surface area contributed by atoms with Crippen molar-refractivity contribution in [2.24, 2.45) is 0 Å². The lowest BCUT2D eigenvalue weighted by Gasteiger charge is -2.38. The van der Waals surface area contributed by atoms with Gasteiger partial charge in [-0.1, -0.05) is 29.3 Å². The molecule has 3 rings (SSSR count). The molecule has 2 aromatic carbocycles. The minimum atomic E-state index is -3.47. The van der Waals surface area contributed by atoms with E-state index in [1.807, 2.05) is 0 Å². The molecule has 1 saturated heterocycles. The fourth-order valence-electron chi connectivity index (χ4n) is 2.76. The molecule has 0 saturated carbocycles. The van der Waals surface area contributed by atoms with Crippen molar-refractivity contribution in [3.8, 4) is 0 Å². The molecule has 0 bridgehead atoms. The summed E-state index contributed by atoms with van der Waals surface area (Å²) in [7, 11) is -3.47. The predicted octanol–water partition coefficient (Wildman–Crippen LogP) is 3.75. The van der Waals surface area contributed by atoms with Gasteiger partial charge in [-0.25, -0.2) is 12.8 Å². The van der Waals surface area contributed by atoms with Crippen LogP contribution >= 0.6 is 23.2 Å². The molecular weight excluding hydrogens is 400 g/mol. The Labute approximate surface area is 161 Å². The van der Waals surface area contributed by atoms with Gasteiger partial charge in [0.25, 0.3) is 0 Å². The topological polar surface area (TPSA) is 54.5 Å². The highest BCUT2D eigenvalue weighted by Gasteiger charge is 2.40. The zero-order chi connectivity index (χ0) is 18.9. The molecule has 0 atom stereocenters. The van der Waals surface area contributed by atoms with Gasteiger partial charge < -0.3 is 4.90 Å². The molecule has 1 fully saturated rings. The third-order valence-corrected chi connectivity index (χ3v) is 7.04. The van der Waals surface area contributed by atoms with Crippen molar-refractivity contribution in [1.82, 2.24) is 4.90 Å². The number of benzene rings is 2. The maximum absolute atomic E-state index is 13.1. The molecule has 26 heavy (non-hydrogen) atoms. The SMILES string of the molecule is O=C(CCc1ccc(F)c(Cl)c1)N1CC(S(=O)(=O)c2ccc(Cl)cc2)C1. The average molecular weight is 416 g/mol. The Balaban J connectivity index is 1.54. The standard InChI is InChI=1S/C18H16Cl2FNO3S/c19-13-3-5-14(6-4-13)26(24,25)15-10-22(11-15)18(23)8-2-12-1-7-17(21)16(20)9-12/h1,3-7,9,15H,2,8,10-11H2. The van der Waals surface area contributed by atoms with Gasteiger partial charge in [0.1, 0.15) is 11.1 Å². The van der Waals surface area contributed by atoms with Gasteiger partial charge in [0.15, 0.2) is 9.84 Å². The third kappa shape index (κ3) is 4.03. The monoisotopic (exact) mass is 415 g/mol. The summed E-state index contributed by atoms with van der Waals surface area (Å²) in [5.74, 6) is -0.632. The summed E-state index contributed by atoms with van der Waals surface area (Å²) in [6, 6.07) is 10.3. The van der Waals surface area contributed by atoms with Crippen LogP contribution in [0.2, 0.25) is 10.0 Å². The smallest absolute Gasteiger partial charge is 0.222 e. The van der Waals surface area contributed by atoms with Crippen LogP contribution in [0.15, 0.2) is 47.4 Å². The van der Waals surface area contributed by atoms with Gasteiger partial charge in [-0.2, -0.15) is 0 Å². The Bertz CT molecular complexity index is 926. The number of halogens is 3. The highest BCUT2D eigenvalue weighted by molar-refractivity contribution is 7.92. The summed E-state index contributed by atoms with van der Waals surface area (Å²) in [4.78, 5) is 13.9. The number of nitrogens with zero attached hydrogens (tertiary/aromatic N) is 1. The highest BCUT2D eigenvalue weighted by Crippen LogP contribution is 2.26. The maximum atomic E-state index is 13.1. The first-order valence-corrected chi connectivity index (χ1v) is 10.3.